The summed E-state index contributed by atoms with van der Waals surface area (Å²) in [6.07, 6.45) is 0.831. The Balaban J connectivity index is 1.62. The van der Waals surface area contributed by atoms with Crippen LogP contribution in [0.5, 0.6) is 0 Å². The molecule has 2 aromatic rings. The van der Waals surface area contributed by atoms with Crippen LogP contribution in [0.3, 0.4) is 0 Å². The number of nitrogens with zero attached hydrogens (tertiary/aromatic N) is 3. The fourth-order valence-corrected chi connectivity index (χ4v) is 4.59. The highest BCUT2D eigenvalue weighted by molar-refractivity contribution is 7.09. The monoisotopic (exact) mass is 373 g/mol. The van der Waals surface area contributed by atoms with Crippen LogP contribution in [0.4, 0.5) is 0 Å². The second kappa shape index (κ2) is 9.09. The third-order valence-electron chi connectivity index (χ3n) is 5.31. The lowest BCUT2D eigenvalue weighted by Crippen LogP contribution is -2.52. The van der Waals surface area contributed by atoms with Gasteiger partial charge in [0.2, 0.25) is 0 Å². The standard InChI is InChI=1S/C21H31N3OS/c1-16(2)20-15-26-21(22-20)14-23-9-10-24(19(13-23)8-11-25)12-18-7-5-4-6-17(18)3/h4-7,15-16,19,25H,8-14H2,1-3H3/t19-/m1/s1. The first kappa shape index (κ1) is 19.5. The molecule has 1 N–H and O–H groups in total. The zero-order valence-corrected chi connectivity index (χ0v) is 17.0. The first-order valence-corrected chi connectivity index (χ1v) is 10.5. The van der Waals surface area contributed by atoms with Crippen LogP contribution in [0, 0.1) is 6.92 Å². The molecule has 0 saturated carbocycles. The molecular weight excluding hydrogens is 342 g/mol. The summed E-state index contributed by atoms with van der Waals surface area (Å²) < 4.78 is 0. The number of piperazine rings is 1. The predicted octanol–water partition coefficient (Wildman–Crippen LogP) is 3.64. The number of hydrogen-bond acceptors (Lipinski definition) is 5. The summed E-state index contributed by atoms with van der Waals surface area (Å²) in [6, 6.07) is 9.02. The SMILES string of the molecule is Cc1ccccc1CN1CCN(Cc2nc(C(C)C)cs2)C[C@H]1CCO. The van der Waals surface area contributed by atoms with Crippen molar-refractivity contribution < 1.29 is 5.11 Å². The van der Waals surface area contributed by atoms with Crippen molar-refractivity contribution in [3.05, 3.63) is 51.5 Å². The Morgan fingerprint density at radius 3 is 2.73 bits per heavy atom. The smallest absolute Gasteiger partial charge is 0.107 e. The number of aliphatic hydroxyl groups is 1. The quantitative estimate of drug-likeness (QED) is 0.804. The van der Waals surface area contributed by atoms with E-state index in [-0.39, 0.29) is 6.61 Å². The lowest BCUT2D eigenvalue weighted by atomic mass is 10.0. The fraction of sp³-hybridized carbons (Fsp3) is 0.571. The zero-order valence-electron chi connectivity index (χ0n) is 16.2. The minimum Gasteiger partial charge on any atom is -0.396 e. The molecule has 142 valence electrons. The van der Waals surface area contributed by atoms with Crippen molar-refractivity contribution in [3.8, 4) is 0 Å². The summed E-state index contributed by atoms with van der Waals surface area (Å²) in [4.78, 5) is 9.82. The molecule has 0 bridgehead atoms. The molecular formula is C21H31N3OS. The maximum atomic E-state index is 9.54. The van der Waals surface area contributed by atoms with Gasteiger partial charge in [-0.3, -0.25) is 9.80 Å². The summed E-state index contributed by atoms with van der Waals surface area (Å²) in [5.41, 5.74) is 3.95. The topological polar surface area (TPSA) is 39.6 Å². The van der Waals surface area contributed by atoms with Gasteiger partial charge in [-0.25, -0.2) is 4.98 Å². The van der Waals surface area contributed by atoms with Crippen molar-refractivity contribution >= 4 is 11.3 Å². The van der Waals surface area contributed by atoms with Crippen LogP contribution in [-0.4, -0.2) is 52.2 Å². The van der Waals surface area contributed by atoms with Gasteiger partial charge in [0.1, 0.15) is 5.01 Å². The molecule has 5 heteroatoms. The maximum Gasteiger partial charge on any atom is 0.107 e. The molecule has 1 aliphatic heterocycles. The van der Waals surface area contributed by atoms with Crippen LogP contribution >= 0.6 is 11.3 Å². The highest BCUT2D eigenvalue weighted by atomic mass is 32.1. The van der Waals surface area contributed by atoms with Crippen LogP contribution in [0.15, 0.2) is 29.6 Å². The summed E-state index contributed by atoms with van der Waals surface area (Å²) in [7, 11) is 0. The van der Waals surface area contributed by atoms with E-state index in [1.807, 2.05) is 0 Å². The van der Waals surface area contributed by atoms with Crippen molar-refractivity contribution in [3.63, 3.8) is 0 Å². The molecule has 0 radical (unpaired) electrons. The van der Waals surface area contributed by atoms with E-state index in [2.05, 4.69) is 60.2 Å². The lowest BCUT2D eigenvalue weighted by molar-refractivity contribution is 0.0498. The number of benzene rings is 1. The highest BCUT2D eigenvalue weighted by Crippen LogP contribution is 2.22. The van der Waals surface area contributed by atoms with Crippen LogP contribution in [0.2, 0.25) is 0 Å². The summed E-state index contributed by atoms with van der Waals surface area (Å²) in [5, 5.41) is 12.9. The summed E-state index contributed by atoms with van der Waals surface area (Å²) in [6.45, 7) is 11.8. The van der Waals surface area contributed by atoms with Crippen molar-refractivity contribution in [2.45, 2.75) is 52.2 Å². The number of hydrogen-bond donors (Lipinski definition) is 1. The molecule has 1 aromatic heterocycles. The normalized spacial score (nSPS) is 19.3. The summed E-state index contributed by atoms with van der Waals surface area (Å²) >= 11 is 1.78. The van der Waals surface area contributed by atoms with Crippen molar-refractivity contribution in [2.24, 2.45) is 0 Å². The van der Waals surface area contributed by atoms with E-state index in [0.717, 1.165) is 39.1 Å². The van der Waals surface area contributed by atoms with Gasteiger partial charge in [0, 0.05) is 44.2 Å². The summed E-state index contributed by atoms with van der Waals surface area (Å²) in [5.74, 6) is 0.494. The molecule has 1 fully saturated rings. The van der Waals surface area contributed by atoms with Crippen LogP contribution in [-0.2, 0) is 13.1 Å². The van der Waals surface area contributed by atoms with Gasteiger partial charge < -0.3 is 5.11 Å². The Morgan fingerprint density at radius 2 is 2.04 bits per heavy atom. The average molecular weight is 374 g/mol. The fourth-order valence-electron chi connectivity index (χ4n) is 3.59. The Bertz CT molecular complexity index is 700. The Morgan fingerprint density at radius 1 is 1.23 bits per heavy atom. The molecule has 1 saturated heterocycles. The van der Waals surface area contributed by atoms with Crippen molar-refractivity contribution in [1.29, 1.82) is 0 Å². The Hall–Kier alpha value is -1.27. The van der Waals surface area contributed by atoms with Gasteiger partial charge in [-0.15, -0.1) is 11.3 Å². The molecule has 1 atom stereocenters. The molecule has 0 aliphatic carbocycles. The second-order valence-corrected chi connectivity index (χ2v) is 8.56. The minimum absolute atomic E-state index is 0.248. The van der Waals surface area contributed by atoms with E-state index in [4.69, 9.17) is 4.98 Å². The Labute approximate surface area is 161 Å². The number of thiazole rings is 1. The van der Waals surface area contributed by atoms with Gasteiger partial charge >= 0.3 is 0 Å². The third-order valence-corrected chi connectivity index (χ3v) is 6.16. The minimum atomic E-state index is 0.248. The first-order valence-electron chi connectivity index (χ1n) is 9.63. The molecule has 0 unspecified atom stereocenters. The number of aryl methyl sites for hydroxylation is 1. The molecule has 3 rings (SSSR count). The lowest BCUT2D eigenvalue weighted by Gasteiger charge is -2.41. The molecule has 2 heterocycles. The molecule has 26 heavy (non-hydrogen) atoms. The number of rotatable bonds is 7. The van der Waals surface area contributed by atoms with E-state index < -0.39 is 0 Å². The van der Waals surface area contributed by atoms with Crippen molar-refractivity contribution in [2.75, 3.05) is 26.2 Å². The van der Waals surface area contributed by atoms with Crippen LogP contribution < -0.4 is 0 Å². The molecule has 0 amide bonds. The van der Waals surface area contributed by atoms with E-state index in [1.54, 1.807) is 11.3 Å². The van der Waals surface area contributed by atoms with Crippen LogP contribution in [0.25, 0.3) is 0 Å². The molecule has 1 aromatic carbocycles. The van der Waals surface area contributed by atoms with Gasteiger partial charge in [0.05, 0.1) is 12.2 Å². The van der Waals surface area contributed by atoms with E-state index >= 15 is 0 Å². The first-order chi connectivity index (χ1) is 12.6. The molecule has 0 spiro atoms. The van der Waals surface area contributed by atoms with E-state index in [1.165, 1.54) is 21.8 Å². The van der Waals surface area contributed by atoms with Gasteiger partial charge in [0.25, 0.3) is 0 Å². The number of aromatic nitrogens is 1. The maximum absolute atomic E-state index is 9.54. The average Bonchev–Trinajstić information content (AvgIpc) is 3.08. The Kier molecular flexibility index (Phi) is 6.81. The van der Waals surface area contributed by atoms with Gasteiger partial charge in [-0.2, -0.15) is 0 Å². The number of aliphatic hydroxyl groups excluding tert-OH is 1. The highest BCUT2D eigenvalue weighted by Gasteiger charge is 2.27. The third kappa shape index (κ3) is 4.92. The second-order valence-electron chi connectivity index (χ2n) is 7.62. The molecule has 4 nitrogen and oxygen atoms in total. The van der Waals surface area contributed by atoms with Gasteiger partial charge in [-0.05, 0) is 30.4 Å². The van der Waals surface area contributed by atoms with Gasteiger partial charge in [-0.1, -0.05) is 38.1 Å². The van der Waals surface area contributed by atoms with E-state index in [9.17, 15) is 5.11 Å². The van der Waals surface area contributed by atoms with Gasteiger partial charge in [0.15, 0.2) is 0 Å². The van der Waals surface area contributed by atoms with E-state index in [0.29, 0.717) is 12.0 Å². The zero-order chi connectivity index (χ0) is 18.5. The molecule has 1 aliphatic rings. The van der Waals surface area contributed by atoms with Crippen LogP contribution in [0.1, 0.15) is 48.0 Å². The predicted molar refractivity (Wildman–Crippen MR) is 109 cm³/mol. The largest absolute Gasteiger partial charge is 0.396 e. The van der Waals surface area contributed by atoms with Crippen molar-refractivity contribution in [1.82, 2.24) is 14.8 Å².